The second kappa shape index (κ2) is 4.52. The molecular formula is C11H6F3NO3. The Bertz CT molecular complexity index is 610. The maximum Gasteiger partial charge on any atom is 0.358 e. The minimum Gasteiger partial charge on any atom is -0.476 e. The molecule has 0 saturated carbocycles. The molecule has 0 radical (unpaired) electrons. The fourth-order valence-corrected chi connectivity index (χ4v) is 1.39. The number of carbonyl (C=O) groups is 1. The molecule has 18 heavy (non-hydrogen) atoms. The van der Waals surface area contributed by atoms with Crippen LogP contribution in [0.1, 0.15) is 21.8 Å². The van der Waals surface area contributed by atoms with Gasteiger partial charge in [-0.25, -0.2) is 18.0 Å². The summed E-state index contributed by atoms with van der Waals surface area (Å²) in [6, 6.07) is 2.92. The van der Waals surface area contributed by atoms with E-state index in [0.717, 1.165) is 18.2 Å². The molecule has 7 heteroatoms. The van der Waals surface area contributed by atoms with E-state index in [-0.39, 0.29) is 23.4 Å². The lowest BCUT2D eigenvalue weighted by Gasteiger charge is -2.01. The van der Waals surface area contributed by atoms with Gasteiger partial charge in [0.25, 0.3) is 0 Å². The Morgan fingerprint density at radius 3 is 2.61 bits per heavy atom. The summed E-state index contributed by atoms with van der Waals surface area (Å²) in [5.41, 5.74) is -0.491. The average Bonchev–Trinajstić information content (AvgIpc) is 2.79. The van der Waals surface area contributed by atoms with Crippen LogP contribution >= 0.6 is 0 Å². The van der Waals surface area contributed by atoms with Crippen molar-refractivity contribution >= 4 is 5.97 Å². The molecule has 4 nitrogen and oxygen atoms in total. The summed E-state index contributed by atoms with van der Waals surface area (Å²) in [4.78, 5) is 10.5. The van der Waals surface area contributed by atoms with Gasteiger partial charge in [-0.1, -0.05) is 11.2 Å². The van der Waals surface area contributed by atoms with Gasteiger partial charge < -0.3 is 9.63 Å². The average molecular weight is 257 g/mol. The van der Waals surface area contributed by atoms with E-state index in [4.69, 9.17) is 5.11 Å². The molecule has 0 aliphatic rings. The van der Waals surface area contributed by atoms with Gasteiger partial charge in [-0.2, -0.15) is 0 Å². The van der Waals surface area contributed by atoms with E-state index in [1.54, 1.807) is 0 Å². The Kier molecular flexibility index (Phi) is 3.05. The van der Waals surface area contributed by atoms with Crippen LogP contribution in [0.25, 0.3) is 0 Å². The summed E-state index contributed by atoms with van der Waals surface area (Å²) in [6.07, 6.45) is -0.219. The van der Waals surface area contributed by atoms with E-state index < -0.39 is 23.4 Å². The van der Waals surface area contributed by atoms with Gasteiger partial charge in [0, 0.05) is 12.5 Å². The van der Waals surface area contributed by atoms with E-state index in [1.165, 1.54) is 0 Å². The van der Waals surface area contributed by atoms with Crippen LogP contribution in [0, 0.1) is 17.5 Å². The fraction of sp³-hybridized carbons (Fsp3) is 0.0909. The maximum atomic E-state index is 13.3. The van der Waals surface area contributed by atoms with Gasteiger partial charge in [0.1, 0.15) is 5.76 Å². The summed E-state index contributed by atoms with van der Waals surface area (Å²) >= 11 is 0. The molecule has 0 fully saturated rings. The molecule has 0 aliphatic carbocycles. The van der Waals surface area contributed by atoms with Crippen molar-refractivity contribution in [3.05, 3.63) is 52.7 Å². The SMILES string of the molecule is O=C(O)c1cc(Cc2ccc(F)c(F)c2F)on1. The summed E-state index contributed by atoms with van der Waals surface area (Å²) in [7, 11) is 0. The highest BCUT2D eigenvalue weighted by molar-refractivity contribution is 5.85. The molecule has 2 rings (SSSR count). The second-order valence-electron chi connectivity index (χ2n) is 3.49. The number of aromatic nitrogens is 1. The molecule has 0 atom stereocenters. The van der Waals surface area contributed by atoms with E-state index >= 15 is 0 Å². The van der Waals surface area contributed by atoms with Gasteiger partial charge in [0.2, 0.25) is 0 Å². The van der Waals surface area contributed by atoms with Crippen molar-refractivity contribution in [3.8, 4) is 0 Å². The fourth-order valence-electron chi connectivity index (χ4n) is 1.39. The molecule has 0 saturated heterocycles. The number of aromatic carboxylic acids is 1. The number of benzene rings is 1. The number of carboxylic acids is 1. The molecular weight excluding hydrogens is 251 g/mol. The lowest BCUT2D eigenvalue weighted by molar-refractivity contribution is 0.0685. The number of hydrogen-bond acceptors (Lipinski definition) is 3. The third-order valence-corrected chi connectivity index (χ3v) is 2.26. The number of hydrogen-bond donors (Lipinski definition) is 1. The predicted octanol–water partition coefficient (Wildman–Crippen LogP) is 2.38. The van der Waals surface area contributed by atoms with Crippen LogP contribution in [0.5, 0.6) is 0 Å². The van der Waals surface area contributed by atoms with Gasteiger partial charge in [-0.15, -0.1) is 0 Å². The van der Waals surface area contributed by atoms with E-state index in [1.807, 2.05) is 0 Å². The standard InChI is InChI=1S/C11H6F3NO3/c12-7-2-1-5(9(13)10(7)14)3-6-4-8(11(16)17)15-18-6/h1-2,4H,3H2,(H,16,17). The summed E-state index contributed by atoms with van der Waals surface area (Å²) in [5.74, 6) is -5.46. The van der Waals surface area contributed by atoms with Crippen molar-refractivity contribution in [2.24, 2.45) is 0 Å². The van der Waals surface area contributed by atoms with Crippen LogP contribution in [0.4, 0.5) is 13.2 Å². The van der Waals surface area contributed by atoms with E-state index in [9.17, 15) is 18.0 Å². The van der Waals surface area contributed by atoms with Crippen molar-refractivity contribution < 1.29 is 27.6 Å². The third kappa shape index (κ3) is 2.20. The number of nitrogens with zero attached hydrogens (tertiary/aromatic N) is 1. The first-order valence-electron chi connectivity index (χ1n) is 4.80. The third-order valence-electron chi connectivity index (χ3n) is 2.26. The van der Waals surface area contributed by atoms with Gasteiger partial charge in [-0.05, 0) is 11.6 Å². The summed E-state index contributed by atoms with van der Waals surface area (Å²) in [6.45, 7) is 0. The highest BCUT2D eigenvalue weighted by atomic mass is 19.2. The molecule has 1 N–H and O–H groups in total. The summed E-state index contributed by atoms with van der Waals surface area (Å²) < 4.78 is 43.6. The van der Waals surface area contributed by atoms with Crippen LogP contribution in [0.15, 0.2) is 22.7 Å². The van der Waals surface area contributed by atoms with Gasteiger partial charge in [0.15, 0.2) is 23.1 Å². The highest BCUT2D eigenvalue weighted by Crippen LogP contribution is 2.18. The van der Waals surface area contributed by atoms with Gasteiger partial charge >= 0.3 is 5.97 Å². The lowest BCUT2D eigenvalue weighted by Crippen LogP contribution is -1.98. The number of rotatable bonds is 3. The number of carboxylic acid groups (broad SMARTS) is 1. The maximum absolute atomic E-state index is 13.3. The zero-order valence-electron chi connectivity index (χ0n) is 8.78. The van der Waals surface area contributed by atoms with Gasteiger partial charge in [-0.3, -0.25) is 0 Å². The van der Waals surface area contributed by atoms with E-state index in [0.29, 0.717) is 0 Å². The highest BCUT2D eigenvalue weighted by Gasteiger charge is 2.16. The summed E-state index contributed by atoms with van der Waals surface area (Å²) in [5, 5.41) is 11.8. The predicted molar refractivity (Wildman–Crippen MR) is 52.6 cm³/mol. The molecule has 0 amide bonds. The Morgan fingerprint density at radius 1 is 1.28 bits per heavy atom. The van der Waals surface area contributed by atoms with Crippen molar-refractivity contribution in [1.29, 1.82) is 0 Å². The van der Waals surface area contributed by atoms with Crippen LogP contribution in [-0.4, -0.2) is 16.2 Å². The zero-order chi connectivity index (χ0) is 13.3. The molecule has 0 bridgehead atoms. The minimum absolute atomic E-state index is 0.0392. The van der Waals surface area contributed by atoms with Gasteiger partial charge in [0.05, 0.1) is 0 Å². The molecule has 1 heterocycles. The molecule has 2 aromatic rings. The van der Waals surface area contributed by atoms with Crippen LogP contribution in [0.2, 0.25) is 0 Å². The van der Waals surface area contributed by atoms with Crippen molar-refractivity contribution in [1.82, 2.24) is 5.16 Å². The first-order chi connectivity index (χ1) is 8.49. The van der Waals surface area contributed by atoms with Crippen LogP contribution in [-0.2, 0) is 6.42 Å². The first kappa shape index (κ1) is 12.2. The minimum atomic E-state index is -1.58. The van der Waals surface area contributed by atoms with Crippen molar-refractivity contribution in [2.75, 3.05) is 0 Å². The van der Waals surface area contributed by atoms with Crippen LogP contribution < -0.4 is 0 Å². The Labute approximate surface area is 98.6 Å². The normalized spacial score (nSPS) is 10.6. The van der Waals surface area contributed by atoms with Crippen LogP contribution in [0.3, 0.4) is 0 Å². The lowest BCUT2D eigenvalue weighted by atomic mass is 10.1. The van der Waals surface area contributed by atoms with E-state index in [2.05, 4.69) is 9.68 Å². The zero-order valence-corrected chi connectivity index (χ0v) is 8.78. The monoisotopic (exact) mass is 257 g/mol. The Hall–Kier alpha value is -2.31. The largest absolute Gasteiger partial charge is 0.476 e. The molecule has 1 aromatic heterocycles. The Balaban J connectivity index is 2.28. The van der Waals surface area contributed by atoms with Crippen molar-refractivity contribution in [2.45, 2.75) is 6.42 Å². The molecule has 1 aromatic carbocycles. The number of halogens is 3. The topological polar surface area (TPSA) is 63.3 Å². The molecule has 0 aliphatic heterocycles. The smallest absolute Gasteiger partial charge is 0.358 e. The second-order valence-corrected chi connectivity index (χ2v) is 3.49. The molecule has 0 spiro atoms. The molecule has 0 unspecified atom stereocenters. The molecule has 94 valence electrons. The Morgan fingerprint density at radius 2 is 2.00 bits per heavy atom. The quantitative estimate of drug-likeness (QED) is 0.857. The van der Waals surface area contributed by atoms with Crippen molar-refractivity contribution in [3.63, 3.8) is 0 Å². The first-order valence-corrected chi connectivity index (χ1v) is 4.80.